The van der Waals surface area contributed by atoms with Crippen LogP contribution in [0.2, 0.25) is 0 Å². The number of benzene rings is 1. The molecule has 168 valence electrons. The molecule has 1 atom stereocenters. The van der Waals surface area contributed by atoms with Crippen LogP contribution < -0.4 is 19.7 Å². The molecule has 3 aliphatic rings. The van der Waals surface area contributed by atoms with E-state index in [0.717, 1.165) is 11.3 Å². The Hall–Kier alpha value is -3.34. The van der Waals surface area contributed by atoms with Crippen molar-refractivity contribution >= 4 is 40.1 Å². The van der Waals surface area contributed by atoms with Gasteiger partial charge in [-0.3, -0.25) is 14.5 Å². The number of hydrogen-bond donors (Lipinski definition) is 1. The number of carbonyl (C=O) groups excluding carboxylic acids is 3. The Balaban J connectivity index is 1.20. The number of hydrogen-bond acceptors (Lipinski definition) is 8. The first-order chi connectivity index (χ1) is 15.5. The third-order valence-corrected chi connectivity index (χ3v) is 6.68. The topological polar surface area (TPSA) is 110 Å². The van der Waals surface area contributed by atoms with Crippen LogP contribution >= 0.6 is 11.3 Å². The number of thiazole rings is 1. The van der Waals surface area contributed by atoms with E-state index in [1.807, 2.05) is 0 Å². The van der Waals surface area contributed by atoms with Gasteiger partial charge in [0.05, 0.1) is 12.3 Å². The fourth-order valence-electron chi connectivity index (χ4n) is 4.11. The van der Waals surface area contributed by atoms with Gasteiger partial charge in [0.2, 0.25) is 12.7 Å². The van der Waals surface area contributed by atoms with Crippen molar-refractivity contribution in [2.24, 2.45) is 0 Å². The highest BCUT2D eigenvalue weighted by atomic mass is 32.1. The third kappa shape index (κ3) is 3.72. The Morgan fingerprint density at radius 2 is 2.12 bits per heavy atom. The zero-order valence-electron chi connectivity index (χ0n) is 17.5. The number of aryl methyl sites for hydroxylation is 1. The lowest BCUT2D eigenvalue weighted by Gasteiger charge is -2.18. The van der Waals surface area contributed by atoms with Crippen LogP contribution in [0.1, 0.15) is 29.8 Å². The molecule has 3 heterocycles. The molecule has 0 spiro atoms. The summed E-state index contributed by atoms with van der Waals surface area (Å²) in [4.78, 5) is 46.0. The maximum Gasteiger partial charge on any atom is 0.325 e. The SMILES string of the molecule is CCOC(=O)C1CCc2sc(NC(=O)CN3CCN(c4ccc5c(c4)OCO5)C3=O)nc21. The minimum Gasteiger partial charge on any atom is -0.465 e. The van der Waals surface area contributed by atoms with Crippen molar-refractivity contribution in [3.63, 3.8) is 0 Å². The molecule has 1 aromatic heterocycles. The van der Waals surface area contributed by atoms with Gasteiger partial charge in [0.1, 0.15) is 12.5 Å². The van der Waals surface area contributed by atoms with Gasteiger partial charge in [-0.25, -0.2) is 9.78 Å². The first-order valence-electron chi connectivity index (χ1n) is 10.5. The van der Waals surface area contributed by atoms with Crippen LogP contribution in [0.4, 0.5) is 15.6 Å². The number of nitrogens with one attached hydrogen (secondary N) is 1. The van der Waals surface area contributed by atoms with Crippen LogP contribution in [0.25, 0.3) is 0 Å². The molecule has 0 bridgehead atoms. The fourth-order valence-corrected chi connectivity index (χ4v) is 5.16. The van der Waals surface area contributed by atoms with Crippen LogP contribution in [-0.4, -0.2) is 60.8 Å². The summed E-state index contributed by atoms with van der Waals surface area (Å²) in [5, 5.41) is 3.20. The summed E-state index contributed by atoms with van der Waals surface area (Å²) in [6.07, 6.45) is 1.42. The van der Waals surface area contributed by atoms with Gasteiger partial charge in [-0.1, -0.05) is 0 Å². The number of fused-ring (bicyclic) bond motifs is 2. The molecule has 1 saturated heterocycles. The molecule has 5 rings (SSSR count). The van der Waals surface area contributed by atoms with Gasteiger partial charge in [-0.2, -0.15) is 0 Å². The van der Waals surface area contributed by atoms with E-state index in [4.69, 9.17) is 14.2 Å². The predicted octanol–water partition coefficient (Wildman–Crippen LogP) is 2.35. The highest BCUT2D eigenvalue weighted by Crippen LogP contribution is 2.39. The molecule has 1 N–H and O–H groups in total. The molecule has 1 unspecified atom stereocenters. The minimum atomic E-state index is -0.373. The number of ether oxygens (including phenoxy) is 3. The first-order valence-corrected chi connectivity index (χ1v) is 11.3. The number of urea groups is 1. The van der Waals surface area contributed by atoms with E-state index < -0.39 is 0 Å². The number of carbonyl (C=O) groups is 3. The number of aromatic nitrogens is 1. The van der Waals surface area contributed by atoms with Gasteiger partial charge in [0.15, 0.2) is 16.6 Å². The highest BCUT2D eigenvalue weighted by molar-refractivity contribution is 7.16. The number of rotatable bonds is 6. The van der Waals surface area contributed by atoms with Gasteiger partial charge >= 0.3 is 12.0 Å². The van der Waals surface area contributed by atoms with Gasteiger partial charge in [-0.05, 0) is 31.9 Å². The summed E-state index contributed by atoms with van der Waals surface area (Å²) >= 11 is 1.37. The molecule has 0 saturated carbocycles. The first kappa shape index (κ1) is 20.6. The lowest BCUT2D eigenvalue weighted by molar-refractivity contribution is -0.145. The van der Waals surface area contributed by atoms with Gasteiger partial charge < -0.3 is 24.4 Å². The van der Waals surface area contributed by atoms with E-state index in [9.17, 15) is 14.4 Å². The number of amides is 3. The van der Waals surface area contributed by atoms with E-state index in [0.29, 0.717) is 54.1 Å². The van der Waals surface area contributed by atoms with Crippen LogP contribution in [-0.2, 0) is 20.7 Å². The highest BCUT2D eigenvalue weighted by Gasteiger charge is 2.35. The molecule has 1 aliphatic carbocycles. The lowest BCUT2D eigenvalue weighted by atomic mass is 10.1. The molecule has 1 fully saturated rings. The zero-order chi connectivity index (χ0) is 22.2. The Kier molecular flexibility index (Phi) is 5.33. The largest absolute Gasteiger partial charge is 0.465 e. The molecule has 10 nitrogen and oxygen atoms in total. The predicted molar refractivity (Wildman–Crippen MR) is 115 cm³/mol. The monoisotopic (exact) mass is 458 g/mol. The Morgan fingerprint density at radius 1 is 1.28 bits per heavy atom. The van der Waals surface area contributed by atoms with E-state index >= 15 is 0 Å². The van der Waals surface area contributed by atoms with Crippen molar-refractivity contribution in [2.75, 3.05) is 43.3 Å². The number of esters is 1. The van der Waals surface area contributed by atoms with Crippen molar-refractivity contribution < 1.29 is 28.6 Å². The maximum atomic E-state index is 12.8. The van der Waals surface area contributed by atoms with E-state index in [1.165, 1.54) is 16.2 Å². The fraction of sp³-hybridized carbons (Fsp3) is 0.429. The normalized spacial score (nSPS) is 18.8. The zero-order valence-corrected chi connectivity index (χ0v) is 18.3. The van der Waals surface area contributed by atoms with Crippen molar-refractivity contribution in [3.8, 4) is 11.5 Å². The smallest absolute Gasteiger partial charge is 0.325 e. The average Bonchev–Trinajstić information content (AvgIpc) is 3.52. The van der Waals surface area contributed by atoms with Crippen molar-refractivity contribution in [2.45, 2.75) is 25.7 Å². The number of anilines is 2. The molecule has 32 heavy (non-hydrogen) atoms. The second-order valence-corrected chi connectivity index (χ2v) is 8.70. The van der Waals surface area contributed by atoms with Crippen molar-refractivity contribution in [1.29, 1.82) is 0 Å². The Bertz CT molecular complexity index is 1090. The molecule has 11 heteroatoms. The average molecular weight is 458 g/mol. The van der Waals surface area contributed by atoms with E-state index in [-0.39, 0.29) is 37.2 Å². The molecular weight excluding hydrogens is 436 g/mol. The van der Waals surface area contributed by atoms with E-state index in [2.05, 4.69) is 10.3 Å². The standard InChI is InChI=1S/C21H22N4O6S/c1-2-29-19(27)13-4-6-16-18(13)23-20(32-16)22-17(26)10-24-7-8-25(21(24)28)12-3-5-14-15(9-12)31-11-30-14/h3,5,9,13H,2,4,6-8,10-11H2,1H3,(H,22,23,26). The lowest BCUT2D eigenvalue weighted by Crippen LogP contribution is -2.37. The van der Waals surface area contributed by atoms with E-state index in [1.54, 1.807) is 30.0 Å². The molecular formula is C21H22N4O6S. The minimum absolute atomic E-state index is 0.0779. The summed E-state index contributed by atoms with van der Waals surface area (Å²) in [6, 6.07) is 5.08. The summed E-state index contributed by atoms with van der Waals surface area (Å²) < 4.78 is 15.8. The summed E-state index contributed by atoms with van der Waals surface area (Å²) in [7, 11) is 0. The molecule has 2 aromatic rings. The van der Waals surface area contributed by atoms with Crippen LogP contribution in [0.3, 0.4) is 0 Å². The van der Waals surface area contributed by atoms with Crippen LogP contribution in [0.5, 0.6) is 11.5 Å². The van der Waals surface area contributed by atoms with Gasteiger partial charge in [0.25, 0.3) is 0 Å². The second-order valence-electron chi connectivity index (χ2n) is 7.61. The maximum absolute atomic E-state index is 12.8. The number of nitrogens with zero attached hydrogens (tertiary/aromatic N) is 3. The summed E-state index contributed by atoms with van der Waals surface area (Å²) in [5.74, 6) is 0.274. The third-order valence-electron chi connectivity index (χ3n) is 5.63. The van der Waals surface area contributed by atoms with Crippen molar-refractivity contribution in [1.82, 2.24) is 9.88 Å². The van der Waals surface area contributed by atoms with Crippen molar-refractivity contribution in [3.05, 3.63) is 28.8 Å². The molecule has 3 amide bonds. The summed E-state index contributed by atoms with van der Waals surface area (Å²) in [5.41, 5.74) is 1.39. The quantitative estimate of drug-likeness (QED) is 0.662. The Labute approximate surface area is 188 Å². The molecule has 2 aliphatic heterocycles. The molecule has 1 aromatic carbocycles. The van der Waals surface area contributed by atoms with Gasteiger partial charge in [-0.15, -0.1) is 11.3 Å². The van der Waals surface area contributed by atoms with Crippen LogP contribution in [0.15, 0.2) is 18.2 Å². The Morgan fingerprint density at radius 3 is 2.97 bits per heavy atom. The molecule has 0 radical (unpaired) electrons. The second kappa shape index (κ2) is 8.30. The van der Waals surface area contributed by atoms with Crippen LogP contribution in [0, 0.1) is 0 Å². The summed E-state index contributed by atoms with van der Waals surface area (Å²) in [6.45, 7) is 3.09. The van der Waals surface area contributed by atoms with Gasteiger partial charge in [0, 0.05) is 29.7 Å².